The maximum absolute atomic E-state index is 10.6. The Bertz CT molecular complexity index is 396. The Balaban J connectivity index is 2.87. The average Bonchev–Trinajstić information content (AvgIpc) is 2.75. The minimum absolute atomic E-state index is 0.0491. The number of rotatable bonds is 8. The first-order valence-corrected chi connectivity index (χ1v) is 6.38. The van der Waals surface area contributed by atoms with E-state index >= 15 is 0 Å². The van der Waals surface area contributed by atoms with Gasteiger partial charge in [0.25, 0.3) is 0 Å². The molecule has 0 aliphatic heterocycles. The van der Waals surface area contributed by atoms with E-state index in [1.165, 1.54) is 0 Å². The van der Waals surface area contributed by atoms with Gasteiger partial charge < -0.3 is 19.1 Å². The second kappa shape index (κ2) is 7.34. The summed E-state index contributed by atoms with van der Waals surface area (Å²) in [7, 11) is 3.19. The number of carboxylic acid groups (broad SMARTS) is 1. The van der Waals surface area contributed by atoms with Gasteiger partial charge in [-0.3, -0.25) is 4.79 Å². The van der Waals surface area contributed by atoms with E-state index in [1.54, 1.807) is 14.2 Å². The van der Waals surface area contributed by atoms with Crippen molar-refractivity contribution in [2.24, 2.45) is 0 Å². The van der Waals surface area contributed by atoms with Gasteiger partial charge in [-0.1, -0.05) is 11.8 Å². The molecule has 0 aromatic carbocycles. The second-order valence-electron chi connectivity index (χ2n) is 3.55. The molecule has 102 valence electrons. The smallest absolute Gasteiger partial charge is 0.313 e. The van der Waals surface area contributed by atoms with Gasteiger partial charge in [-0.15, -0.1) is 10.2 Å². The van der Waals surface area contributed by atoms with Gasteiger partial charge in [0.15, 0.2) is 11.0 Å². The Morgan fingerprint density at radius 1 is 1.50 bits per heavy atom. The maximum Gasteiger partial charge on any atom is 0.313 e. The molecule has 1 atom stereocenters. The van der Waals surface area contributed by atoms with Crippen molar-refractivity contribution in [3.05, 3.63) is 5.82 Å². The number of ether oxygens (including phenoxy) is 2. The predicted molar refractivity (Wildman–Crippen MR) is 65.7 cm³/mol. The third-order valence-electron chi connectivity index (χ3n) is 2.31. The van der Waals surface area contributed by atoms with Gasteiger partial charge in [0, 0.05) is 20.8 Å². The molecule has 1 aromatic heterocycles. The summed E-state index contributed by atoms with van der Waals surface area (Å²) >= 11 is 1.13. The Labute approximate surface area is 109 Å². The summed E-state index contributed by atoms with van der Waals surface area (Å²) in [6.45, 7) is 2.93. The van der Waals surface area contributed by atoms with Crippen molar-refractivity contribution in [1.82, 2.24) is 14.8 Å². The van der Waals surface area contributed by atoms with E-state index in [1.807, 2.05) is 11.5 Å². The van der Waals surface area contributed by atoms with Crippen LogP contribution < -0.4 is 0 Å². The van der Waals surface area contributed by atoms with Crippen LogP contribution in [0.3, 0.4) is 0 Å². The first-order chi connectivity index (χ1) is 8.60. The molecule has 1 N–H and O–H groups in total. The van der Waals surface area contributed by atoms with Gasteiger partial charge in [-0.05, 0) is 6.92 Å². The Kier molecular flexibility index (Phi) is 6.10. The van der Waals surface area contributed by atoms with Gasteiger partial charge >= 0.3 is 5.97 Å². The normalized spacial score (nSPS) is 12.6. The summed E-state index contributed by atoms with van der Waals surface area (Å²) in [5, 5.41) is 17.3. The van der Waals surface area contributed by atoms with Crippen molar-refractivity contribution in [2.75, 3.05) is 26.6 Å². The second-order valence-corrected chi connectivity index (χ2v) is 4.49. The Hall–Kier alpha value is -1.12. The molecule has 7 nitrogen and oxygen atoms in total. The lowest BCUT2D eigenvalue weighted by Crippen LogP contribution is -2.13. The molecule has 1 aromatic rings. The fourth-order valence-corrected chi connectivity index (χ4v) is 2.02. The molecule has 0 saturated heterocycles. The molecule has 0 spiro atoms. The van der Waals surface area contributed by atoms with Crippen LogP contribution in [0.1, 0.15) is 18.9 Å². The van der Waals surface area contributed by atoms with E-state index in [4.69, 9.17) is 14.6 Å². The molecule has 0 aliphatic carbocycles. The molecule has 1 unspecified atom stereocenters. The summed E-state index contributed by atoms with van der Waals surface area (Å²) in [4.78, 5) is 10.6. The first-order valence-electron chi connectivity index (χ1n) is 5.39. The highest BCUT2D eigenvalue weighted by molar-refractivity contribution is 7.99. The molecule has 1 heterocycles. The maximum atomic E-state index is 10.6. The highest BCUT2D eigenvalue weighted by atomic mass is 32.2. The molecule has 8 heteroatoms. The SMILES string of the molecule is COCCn1c(SCC(=O)O)nnc1C(C)OC. The lowest BCUT2D eigenvalue weighted by atomic mass is 10.4. The standard InChI is InChI=1S/C10H17N3O4S/c1-7(17-3)9-11-12-10(18-6-8(14)15)13(9)4-5-16-2/h7H,4-6H2,1-3H3,(H,14,15). The predicted octanol–water partition coefficient (Wildman–Crippen LogP) is 0.809. The van der Waals surface area contributed by atoms with Gasteiger partial charge in [0.05, 0.1) is 12.4 Å². The van der Waals surface area contributed by atoms with Crippen LogP contribution in [-0.2, 0) is 20.8 Å². The lowest BCUT2D eigenvalue weighted by molar-refractivity contribution is -0.133. The van der Waals surface area contributed by atoms with Crippen LogP contribution in [0, 0.1) is 0 Å². The number of aromatic nitrogens is 3. The topological polar surface area (TPSA) is 86.5 Å². The van der Waals surface area contributed by atoms with Crippen LogP contribution in [0.25, 0.3) is 0 Å². The van der Waals surface area contributed by atoms with Crippen molar-refractivity contribution >= 4 is 17.7 Å². The van der Waals surface area contributed by atoms with Crippen molar-refractivity contribution in [2.45, 2.75) is 24.7 Å². The average molecular weight is 275 g/mol. The molecule has 0 radical (unpaired) electrons. The lowest BCUT2D eigenvalue weighted by Gasteiger charge is -2.12. The minimum Gasteiger partial charge on any atom is -0.481 e. The van der Waals surface area contributed by atoms with E-state index < -0.39 is 5.97 Å². The highest BCUT2D eigenvalue weighted by Gasteiger charge is 2.18. The quantitative estimate of drug-likeness (QED) is 0.702. The zero-order chi connectivity index (χ0) is 13.5. The van der Waals surface area contributed by atoms with E-state index in [-0.39, 0.29) is 11.9 Å². The van der Waals surface area contributed by atoms with Crippen LogP contribution >= 0.6 is 11.8 Å². The number of carboxylic acids is 1. The molecular weight excluding hydrogens is 258 g/mol. The van der Waals surface area contributed by atoms with Gasteiger partial charge in [0.1, 0.15) is 6.10 Å². The fourth-order valence-electron chi connectivity index (χ4n) is 1.33. The summed E-state index contributed by atoms with van der Waals surface area (Å²) in [5.74, 6) is -0.267. The van der Waals surface area contributed by atoms with E-state index in [0.29, 0.717) is 24.1 Å². The third kappa shape index (κ3) is 3.97. The van der Waals surface area contributed by atoms with Crippen LogP contribution in [0.4, 0.5) is 0 Å². The Morgan fingerprint density at radius 3 is 2.78 bits per heavy atom. The number of thioether (sulfide) groups is 1. The molecule has 1 rings (SSSR count). The summed E-state index contributed by atoms with van der Waals surface area (Å²) in [6.07, 6.45) is -0.200. The van der Waals surface area contributed by atoms with Crippen LogP contribution in [-0.4, -0.2) is 52.4 Å². The van der Waals surface area contributed by atoms with Gasteiger partial charge in [0.2, 0.25) is 0 Å². The van der Waals surface area contributed by atoms with Crippen molar-refractivity contribution < 1.29 is 19.4 Å². The first kappa shape index (κ1) is 14.9. The zero-order valence-electron chi connectivity index (χ0n) is 10.6. The molecule has 18 heavy (non-hydrogen) atoms. The van der Waals surface area contributed by atoms with Crippen molar-refractivity contribution in [3.63, 3.8) is 0 Å². The molecular formula is C10H17N3O4S. The zero-order valence-corrected chi connectivity index (χ0v) is 11.4. The van der Waals surface area contributed by atoms with Crippen LogP contribution in [0.15, 0.2) is 5.16 Å². The monoisotopic (exact) mass is 275 g/mol. The number of carbonyl (C=O) groups is 1. The number of nitrogens with zero attached hydrogens (tertiary/aromatic N) is 3. The number of methoxy groups -OCH3 is 2. The molecule has 0 amide bonds. The van der Waals surface area contributed by atoms with E-state index in [9.17, 15) is 4.79 Å². The minimum atomic E-state index is -0.886. The van der Waals surface area contributed by atoms with E-state index in [0.717, 1.165) is 11.8 Å². The summed E-state index contributed by atoms with van der Waals surface area (Å²) in [5.41, 5.74) is 0. The van der Waals surface area contributed by atoms with Crippen molar-refractivity contribution in [1.29, 1.82) is 0 Å². The number of hydrogen-bond donors (Lipinski definition) is 1. The number of hydrogen-bond acceptors (Lipinski definition) is 6. The van der Waals surface area contributed by atoms with Crippen LogP contribution in [0.2, 0.25) is 0 Å². The number of aliphatic carboxylic acids is 1. The molecule has 0 saturated carbocycles. The molecule has 0 bridgehead atoms. The van der Waals surface area contributed by atoms with Crippen molar-refractivity contribution in [3.8, 4) is 0 Å². The molecule has 0 aliphatic rings. The Morgan fingerprint density at radius 2 is 2.22 bits per heavy atom. The third-order valence-corrected chi connectivity index (χ3v) is 3.26. The van der Waals surface area contributed by atoms with E-state index in [2.05, 4.69) is 10.2 Å². The van der Waals surface area contributed by atoms with Crippen LogP contribution in [0.5, 0.6) is 0 Å². The molecule has 0 fully saturated rings. The van der Waals surface area contributed by atoms with Gasteiger partial charge in [-0.2, -0.15) is 0 Å². The highest BCUT2D eigenvalue weighted by Crippen LogP contribution is 2.21. The van der Waals surface area contributed by atoms with Gasteiger partial charge in [-0.25, -0.2) is 0 Å². The largest absolute Gasteiger partial charge is 0.481 e. The summed E-state index contributed by atoms with van der Waals surface area (Å²) in [6, 6.07) is 0. The summed E-state index contributed by atoms with van der Waals surface area (Å²) < 4.78 is 12.1. The fraction of sp³-hybridized carbons (Fsp3) is 0.700.